The molecule has 0 fully saturated rings. The van der Waals surface area contributed by atoms with Gasteiger partial charge in [0.2, 0.25) is 0 Å². The highest BCUT2D eigenvalue weighted by Gasteiger charge is 2.09. The summed E-state index contributed by atoms with van der Waals surface area (Å²) in [6.07, 6.45) is 3.37. The van der Waals surface area contributed by atoms with Crippen molar-refractivity contribution in [3.8, 4) is 11.8 Å². The molecule has 0 aliphatic carbocycles. The highest BCUT2D eigenvalue weighted by atomic mass is 32.1. The Kier molecular flexibility index (Phi) is 5.51. The van der Waals surface area contributed by atoms with E-state index in [1.165, 1.54) is 11.3 Å². The van der Waals surface area contributed by atoms with Crippen LogP contribution in [0, 0.1) is 11.8 Å². The van der Waals surface area contributed by atoms with E-state index in [4.69, 9.17) is 10.5 Å². The van der Waals surface area contributed by atoms with Crippen molar-refractivity contribution < 1.29 is 9.53 Å². The summed E-state index contributed by atoms with van der Waals surface area (Å²) >= 11 is 1.42. The lowest BCUT2D eigenvalue weighted by molar-refractivity contribution is 0.102. The van der Waals surface area contributed by atoms with Crippen LogP contribution in [0.5, 0.6) is 0 Å². The summed E-state index contributed by atoms with van der Waals surface area (Å²) in [6, 6.07) is 1.75. The van der Waals surface area contributed by atoms with E-state index in [9.17, 15) is 4.79 Å². The Morgan fingerprint density at radius 3 is 3.24 bits per heavy atom. The van der Waals surface area contributed by atoms with Crippen LogP contribution in [0.2, 0.25) is 0 Å². The summed E-state index contributed by atoms with van der Waals surface area (Å²) in [5.41, 5.74) is 6.54. The molecule has 0 saturated heterocycles. The molecule has 110 valence electrons. The summed E-state index contributed by atoms with van der Waals surface area (Å²) in [6.45, 7) is 1.52. The molecule has 0 aliphatic rings. The Labute approximate surface area is 126 Å². The average molecular weight is 304 g/mol. The molecule has 6 nitrogen and oxygen atoms in total. The first-order valence-corrected chi connectivity index (χ1v) is 7.21. The van der Waals surface area contributed by atoms with Crippen LogP contribution in [0.3, 0.4) is 0 Å². The van der Waals surface area contributed by atoms with Crippen LogP contribution >= 0.6 is 11.3 Å². The predicted octanol–water partition coefficient (Wildman–Crippen LogP) is 1.15. The molecule has 0 saturated carbocycles. The third-order valence-corrected chi connectivity index (χ3v) is 3.44. The van der Waals surface area contributed by atoms with E-state index in [0.717, 1.165) is 4.88 Å². The lowest BCUT2D eigenvalue weighted by Crippen LogP contribution is -2.10. The van der Waals surface area contributed by atoms with Crippen LogP contribution in [0.1, 0.15) is 15.2 Å². The molecule has 0 atom stereocenters. The Morgan fingerprint density at radius 2 is 2.48 bits per heavy atom. The van der Waals surface area contributed by atoms with Crippen LogP contribution in [-0.4, -0.2) is 35.9 Å². The van der Waals surface area contributed by atoms with Crippen LogP contribution in [0.25, 0.3) is 0 Å². The zero-order chi connectivity index (χ0) is 15.1. The van der Waals surface area contributed by atoms with Gasteiger partial charge < -0.3 is 15.8 Å². The first-order valence-electron chi connectivity index (χ1n) is 6.33. The van der Waals surface area contributed by atoms with E-state index in [1.807, 2.05) is 0 Å². The fourth-order valence-corrected chi connectivity index (χ4v) is 2.35. The SMILES string of the molecule is COCCn1cc(NC(=O)c2csc(C#CCN)c2)cn1. The van der Waals surface area contributed by atoms with Crippen LogP contribution in [0.15, 0.2) is 23.8 Å². The maximum Gasteiger partial charge on any atom is 0.256 e. The van der Waals surface area contributed by atoms with Gasteiger partial charge in [-0.3, -0.25) is 9.48 Å². The molecule has 0 aromatic carbocycles. The molecular weight excluding hydrogens is 288 g/mol. The summed E-state index contributed by atoms with van der Waals surface area (Å²) in [5.74, 6) is 5.48. The molecule has 2 rings (SSSR count). The highest BCUT2D eigenvalue weighted by molar-refractivity contribution is 7.10. The third kappa shape index (κ3) is 4.43. The Bertz CT molecular complexity index is 666. The van der Waals surface area contributed by atoms with E-state index in [0.29, 0.717) is 30.9 Å². The lowest BCUT2D eigenvalue weighted by Gasteiger charge is -2.00. The summed E-state index contributed by atoms with van der Waals surface area (Å²) in [4.78, 5) is 12.9. The van der Waals surface area contributed by atoms with Gasteiger partial charge in [-0.15, -0.1) is 11.3 Å². The number of rotatable bonds is 5. The minimum Gasteiger partial charge on any atom is -0.383 e. The van der Waals surface area contributed by atoms with Gasteiger partial charge in [0.25, 0.3) is 5.91 Å². The lowest BCUT2D eigenvalue weighted by atomic mass is 10.3. The van der Waals surface area contributed by atoms with Gasteiger partial charge in [-0.05, 0) is 6.07 Å². The fourth-order valence-electron chi connectivity index (χ4n) is 1.60. The number of nitrogens with one attached hydrogen (secondary N) is 1. The van der Waals surface area contributed by atoms with E-state index in [-0.39, 0.29) is 5.91 Å². The Morgan fingerprint density at radius 1 is 1.62 bits per heavy atom. The first-order chi connectivity index (χ1) is 10.2. The molecule has 21 heavy (non-hydrogen) atoms. The minimum atomic E-state index is -0.182. The molecule has 1 amide bonds. The van der Waals surface area contributed by atoms with Crippen molar-refractivity contribution in [1.29, 1.82) is 0 Å². The predicted molar refractivity (Wildman–Crippen MR) is 82.3 cm³/mol. The van der Waals surface area contributed by atoms with Gasteiger partial charge >= 0.3 is 0 Å². The minimum absolute atomic E-state index is 0.182. The molecule has 0 bridgehead atoms. The monoisotopic (exact) mass is 304 g/mol. The molecule has 7 heteroatoms. The first kappa shape index (κ1) is 15.3. The average Bonchev–Trinajstić information content (AvgIpc) is 3.12. The van der Waals surface area contributed by atoms with Crippen molar-refractivity contribution >= 4 is 22.9 Å². The molecule has 0 aliphatic heterocycles. The van der Waals surface area contributed by atoms with Gasteiger partial charge in [0, 0.05) is 18.7 Å². The molecule has 2 heterocycles. The number of ether oxygens (including phenoxy) is 1. The molecule has 0 spiro atoms. The number of hydrogen-bond donors (Lipinski definition) is 2. The molecule has 2 aromatic heterocycles. The van der Waals surface area contributed by atoms with E-state index in [2.05, 4.69) is 22.3 Å². The molecule has 2 aromatic rings. The van der Waals surface area contributed by atoms with Gasteiger partial charge in [-0.25, -0.2) is 0 Å². The molecule has 0 unspecified atom stereocenters. The normalized spacial score (nSPS) is 10.0. The standard InChI is InChI=1S/C14H16N4O2S/c1-20-6-5-18-9-12(8-16-18)17-14(19)11-7-13(21-10-11)3-2-4-15/h7-10H,4-6,15H2,1H3,(H,17,19). The quantitative estimate of drug-likeness (QED) is 0.812. The highest BCUT2D eigenvalue weighted by Crippen LogP contribution is 2.15. The summed E-state index contributed by atoms with van der Waals surface area (Å²) in [7, 11) is 1.63. The molecular formula is C14H16N4O2S. The topological polar surface area (TPSA) is 82.2 Å². The smallest absolute Gasteiger partial charge is 0.256 e. The largest absolute Gasteiger partial charge is 0.383 e. The van der Waals surface area contributed by atoms with Crippen molar-refractivity contribution in [2.45, 2.75) is 6.54 Å². The fraction of sp³-hybridized carbons (Fsp3) is 0.286. The number of nitrogens with two attached hydrogens (primary N) is 1. The maximum atomic E-state index is 12.1. The van der Waals surface area contributed by atoms with Crippen molar-refractivity contribution in [3.05, 3.63) is 34.3 Å². The maximum absolute atomic E-state index is 12.1. The van der Waals surface area contributed by atoms with Crippen LogP contribution in [0.4, 0.5) is 5.69 Å². The molecule has 3 N–H and O–H groups in total. The number of methoxy groups -OCH3 is 1. The van der Waals surface area contributed by atoms with Gasteiger partial charge in [0.1, 0.15) is 0 Å². The van der Waals surface area contributed by atoms with E-state index in [1.54, 1.807) is 35.6 Å². The van der Waals surface area contributed by atoms with Crippen molar-refractivity contribution in [1.82, 2.24) is 9.78 Å². The number of carbonyl (C=O) groups is 1. The van der Waals surface area contributed by atoms with E-state index >= 15 is 0 Å². The van der Waals surface area contributed by atoms with Gasteiger partial charge in [0.05, 0.1) is 42.0 Å². The number of aromatic nitrogens is 2. The van der Waals surface area contributed by atoms with Crippen molar-refractivity contribution in [2.24, 2.45) is 5.73 Å². The second-order valence-electron chi connectivity index (χ2n) is 4.14. The Hall–Kier alpha value is -2.14. The number of thiophene rings is 1. The summed E-state index contributed by atoms with van der Waals surface area (Å²) < 4.78 is 6.68. The van der Waals surface area contributed by atoms with Gasteiger partial charge in [-0.1, -0.05) is 11.8 Å². The third-order valence-electron chi connectivity index (χ3n) is 2.59. The zero-order valence-electron chi connectivity index (χ0n) is 11.6. The van der Waals surface area contributed by atoms with Crippen LogP contribution < -0.4 is 11.1 Å². The van der Waals surface area contributed by atoms with Gasteiger partial charge in [-0.2, -0.15) is 5.10 Å². The second-order valence-corrected chi connectivity index (χ2v) is 5.06. The number of amides is 1. The zero-order valence-corrected chi connectivity index (χ0v) is 12.4. The number of hydrogen-bond acceptors (Lipinski definition) is 5. The van der Waals surface area contributed by atoms with Gasteiger partial charge in [0.15, 0.2) is 0 Å². The van der Waals surface area contributed by atoms with Crippen molar-refractivity contribution in [2.75, 3.05) is 25.6 Å². The van der Waals surface area contributed by atoms with Crippen LogP contribution in [-0.2, 0) is 11.3 Å². The number of nitrogens with zero attached hydrogens (tertiary/aromatic N) is 2. The molecule has 0 radical (unpaired) electrons. The van der Waals surface area contributed by atoms with Crippen molar-refractivity contribution in [3.63, 3.8) is 0 Å². The second kappa shape index (κ2) is 7.59. The number of anilines is 1. The Balaban J connectivity index is 1.97. The summed E-state index contributed by atoms with van der Waals surface area (Å²) in [5, 5.41) is 8.70. The van der Waals surface area contributed by atoms with E-state index < -0.39 is 0 Å². The number of carbonyl (C=O) groups excluding carboxylic acids is 1.